The van der Waals surface area contributed by atoms with Crippen LogP contribution in [0.4, 0.5) is 10.1 Å². The molecule has 0 aromatic heterocycles. The van der Waals surface area contributed by atoms with Crippen molar-refractivity contribution in [1.29, 1.82) is 0 Å². The van der Waals surface area contributed by atoms with Gasteiger partial charge in [-0.15, -0.1) is 0 Å². The van der Waals surface area contributed by atoms with Gasteiger partial charge < -0.3 is 15.7 Å². The molecule has 3 N–H and O–H groups in total. The molecule has 20 heavy (non-hydrogen) atoms. The molecule has 1 aromatic rings. The average molecular weight is 282 g/mol. The Labute approximate surface area is 117 Å². The molecular weight excluding hydrogens is 263 g/mol. The normalized spacial score (nSPS) is 10.2. The summed E-state index contributed by atoms with van der Waals surface area (Å²) in [7, 11) is 0. The summed E-state index contributed by atoms with van der Waals surface area (Å²) < 4.78 is 13.3. The van der Waals surface area contributed by atoms with Crippen molar-refractivity contribution in [2.75, 3.05) is 18.5 Å². The first-order chi connectivity index (χ1) is 9.54. The number of benzene rings is 1. The number of halogens is 1. The molecule has 0 saturated heterocycles. The van der Waals surface area contributed by atoms with Gasteiger partial charge in [-0.3, -0.25) is 9.59 Å². The number of nitrogens with one attached hydrogen (secondary N) is 2. The van der Waals surface area contributed by atoms with Gasteiger partial charge in [0.15, 0.2) is 0 Å². The SMILES string of the molecule is Cc1ccc(NC(=O)C(=O)NCCCCCO)cc1F. The summed E-state index contributed by atoms with van der Waals surface area (Å²) in [4.78, 5) is 23.0. The molecule has 0 fully saturated rings. The maximum Gasteiger partial charge on any atom is 0.313 e. The van der Waals surface area contributed by atoms with Crippen molar-refractivity contribution in [1.82, 2.24) is 5.32 Å². The lowest BCUT2D eigenvalue weighted by Crippen LogP contribution is -2.35. The fourth-order valence-corrected chi connectivity index (χ4v) is 1.55. The number of unbranched alkanes of at least 4 members (excludes halogenated alkanes) is 2. The number of anilines is 1. The van der Waals surface area contributed by atoms with E-state index < -0.39 is 17.6 Å². The lowest BCUT2D eigenvalue weighted by Gasteiger charge is -2.07. The Bertz CT molecular complexity index is 477. The Morgan fingerprint density at radius 2 is 1.95 bits per heavy atom. The van der Waals surface area contributed by atoms with Crippen LogP contribution in [0.15, 0.2) is 18.2 Å². The van der Waals surface area contributed by atoms with Gasteiger partial charge in [0, 0.05) is 18.8 Å². The Morgan fingerprint density at radius 3 is 2.60 bits per heavy atom. The first-order valence-electron chi connectivity index (χ1n) is 6.51. The third-order valence-electron chi connectivity index (χ3n) is 2.76. The molecular formula is C14H19FN2O3. The van der Waals surface area contributed by atoms with Crippen molar-refractivity contribution in [2.45, 2.75) is 26.2 Å². The van der Waals surface area contributed by atoms with Crippen molar-refractivity contribution >= 4 is 17.5 Å². The van der Waals surface area contributed by atoms with Crippen molar-refractivity contribution < 1.29 is 19.1 Å². The summed E-state index contributed by atoms with van der Waals surface area (Å²) in [5.74, 6) is -2.02. The van der Waals surface area contributed by atoms with Gasteiger partial charge in [0.05, 0.1) is 0 Å². The molecule has 6 heteroatoms. The lowest BCUT2D eigenvalue weighted by molar-refractivity contribution is -0.136. The van der Waals surface area contributed by atoms with Crippen LogP contribution in [-0.4, -0.2) is 30.1 Å². The summed E-state index contributed by atoms with van der Waals surface area (Å²) in [6.07, 6.45) is 2.14. The van der Waals surface area contributed by atoms with Crippen molar-refractivity contribution in [3.8, 4) is 0 Å². The first-order valence-corrected chi connectivity index (χ1v) is 6.51. The standard InChI is InChI=1S/C14H19FN2O3/c1-10-5-6-11(9-12(10)15)17-14(20)13(19)16-7-3-2-4-8-18/h5-6,9,18H,2-4,7-8H2,1H3,(H,16,19)(H,17,20). The minimum atomic E-state index is -0.824. The number of hydrogen-bond donors (Lipinski definition) is 3. The topological polar surface area (TPSA) is 78.4 Å². The molecule has 0 radical (unpaired) electrons. The van der Waals surface area contributed by atoms with Gasteiger partial charge in [0.2, 0.25) is 0 Å². The van der Waals surface area contributed by atoms with Crippen LogP contribution in [0.25, 0.3) is 0 Å². The quantitative estimate of drug-likeness (QED) is 0.544. The smallest absolute Gasteiger partial charge is 0.313 e. The molecule has 0 aliphatic heterocycles. The number of hydrogen-bond acceptors (Lipinski definition) is 3. The number of rotatable bonds is 6. The van der Waals surface area contributed by atoms with Crippen LogP contribution in [-0.2, 0) is 9.59 Å². The van der Waals surface area contributed by atoms with E-state index in [0.717, 1.165) is 6.42 Å². The first kappa shape index (κ1) is 16.1. The van der Waals surface area contributed by atoms with E-state index in [1.165, 1.54) is 18.2 Å². The van der Waals surface area contributed by atoms with E-state index in [-0.39, 0.29) is 12.3 Å². The number of aliphatic hydroxyl groups is 1. The molecule has 2 amide bonds. The highest BCUT2D eigenvalue weighted by molar-refractivity contribution is 6.39. The van der Waals surface area contributed by atoms with Crippen molar-refractivity contribution in [3.05, 3.63) is 29.6 Å². The van der Waals surface area contributed by atoms with Gasteiger partial charge in [-0.05, 0) is 43.9 Å². The average Bonchev–Trinajstić information content (AvgIpc) is 2.42. The van der Waals surface area contributed by atoms with E-state index >= 15 is 0 Å². The second kappa shape index (κ2) is 8.27. The van der Waals surface area contributed by atoms with Gasteiger partial charge in [0.25, 0.3) is 0 Å². The lowest BCUT2D eigenvalue weighted by atomic mass is 10.2. The van der Waals surface area contributed by atoms with Gasteiger partial charge in [-0.2, -0.15) is 0 Å². The fourth-order valence-electron chi connectivity index (χ4n) is 1.55. The van der Waals surface area contributed by atoms with E-state index in [4.69, 9.17) is 5.11 Å². The van der Waals surface area contributed by atoms with Gasteiger partial charge in [0.1, 0.15) is 5.82 Å². The van der Waals surface area contributed by atoms with Gasteiger partial charge in [-0.25, -0.2) is 4.39 Å². The summed E-state index contributed by atoms with van der Waals surface area (Å²) >= 11 is 0. The van der Waals surface area contributed by atoms with Crippen LogP contribution >= 0.6 is 0 Å². The summed E-state index contributed by atoms with van der Waals surface area (Å²) in [5.41, 5.74) is 0.713. The monoisotopic (exact) mass is 282 g/mol. The van der Waals surface area contributed by atoms with Crippen LogP contribution in [0.1, 0.15) is 24.8 Å². The maximum absolute atomic E-state index is 13.3. The molecule has 0 bridgehead atoms. The Morgan fingerprint density at radius 1 is 1.20 bits per heavy atom. The van der Waals surface area contributed by atoms with E-state index in [2.05, 4.69) is 10.6 Å². The van der Waals surface area contributed by atoms with Crippen LogP contribution in [0, 0.1) is 12.7 Å². The summed E-state index contributed by atoms with van der Waals surface area (Å²) in [6.45, 7) is 2.10. The number of carbonyl (C=O) groups excluding carboxylic acids is 2. The van der Waals surface area contributed by atoms with Gasteiger partial charge >= 0.3 is 11.8 Å². The zero-order valence-electron chi connectivity index (χ0n) is 11.4. The minimum Gasteiger partial charge on any atom is -0.396 e. The van der Waals surface area contributed by atoms with E-state index in [1.54, 1.807) is 6.92 Å². The third-order valence-corrected chi connectivity index (χ3v) is 2.76. The maximum atomic E-state index is 13.3. The molecule has 1 aromatic carbocycles. The molecule has 0 aliphatic carbocycles. The molecule has 0 aliphatic rings. The van der Waals surface area contributed by atoms with Crippen LogP contribution in [0.5, 0.6) is 0 Å². The summed E-state index contributed by atoms with van der Waals surface area (Å²) in [6, 6.07) is 4.23. The second-order valence-corrected chi connectivity index (χ2v) is 4.46. The van der Waals surface area contributed by atoms with Crippen LogP contribution in [0.3, 0.4) is 0 Å². The fraction of sp³-hybridized carbons (Fsp3) is 0.429. The van der Waals surface area contributed by atoms with Crippen LogP contribution in [0.2, 0.25) is 0 Å². The Balaban J connectivity index is 2.37. The number of aliphatic hydroxyl groups excluding tert-OH is 1. The van der Waals surface area contributed by atoms with E-state index in [9.17, 15) is 14.0 Å². The molecule has 110 valence electrons. The van der Waals surface area contributed by atoms with Gasteiger partial charge in [-0.1, -0.05) is 6.07 Å². The van der Waals surface area contributed by atoms with Crippen molar-refractivity contribution in [3.63, 3.8) is 0 Å². The largest absolute Gasteiger partial charge is 0.396 e. The van der Waals surface area contributed by atoms with E-state index in [0.29, 0.717) is 24.9 Å². The summed E-state index contributed by atoms with van der Waals surface area (Å²) in [5, 5.41) is 13.4. The molecule has 1 rings (SSSR count). The number of carbonyl (C=O) groups is 2. The molecule has 0 atom stereocenters. The predicted molar refractivity (Wildman–Crippen MR) is 73.7 cm³/mol. The highest BCUT2D eigenvalue weighted by Crippen LogP contribution is 2.13. The molecule has 0 unspecified atom stereocenters. The predicted octanol–water partition coefficient (Wildman–Crippen LogP) is 1.35. The highest BCUT2D eigenvalue weighted by Gasteiger charge is 2.13. The Kier molecular flexibility index (Phi) is 6.66. The minimum absolute atomic E-state index is 0.118. The molecule has 0 heterocycles. The second-order valence-electron chi connectivity index (χ2n) is 4.46. The van der Waals surface area contributed by atoms with Crippen LogP contribution < -0.4 is 10.6 Å². The number of amides is 2. The zero-order valence-corrected chi connectivity index (χ0v) is 11.4. The molecule has 0 saturated carbocycles. The number of aryl methyl sites for hydroxylation is 1. The van der Waals surface area contributed by atoms with E-state index in [1.807, 2.05) is 0 Å². The Hall–Kier alpha value is -1.95. The van der Waals surface area contributed by atoms with Crippen molar-refractivity contribution in [2.24, 2.45) is 0 Å². The third kappa shape index (κ3) is 5.36. The molecule has 5 nitrogen and oxygen atoms in total. The highest BCUT2D eigenvalue weighted by atomic mass is 19.1. The zero-order chi connectivity index (χ0) is 15.0. The molecule has 0 spiro atoms.